The molecule has 0 spiro atoms. The fourth-order valence-electron chi connectivity index (χ4n) is 2.75. The molecule has 98 valence electrons. The Morgan fingerprint density at radius 1 is 0.947 bits per heavy atom. The number of halogens is 1. The van der Waals surface area contributed by atoms with Crippen molar-refractivity contribution in [2.24, 2.45) is 5.92 Å². The molecule has 0 amide bonds. The van der Waals surface area contributed by atoms with E-state index >= 15 is 0 Å². The van der Waals surface area contributed by atoms with Gasteiger partial charge in [0.2, 0.25) is 0 Å². The number of alkyl halides is 1. The van der Waals surface area contributed by atoms with E-state index in [-0.39, 0.29) is 0 Å². The smallest absolute Gasteiger partial charge is 0.0491 e. The zero-order chi connectivity index (χ0) is 13.2. The maximum Gasteiger partial charge on any atom is 0.0491 e. The third-order valence-electron chi connectivity index (χ3n) is 3.92. The molecule has 0 saturated carbocycles. The highest BCUT2D eigenvalue weighted by Gasteiger charge is 2.12. The summed E-state index contributed by atoms with van der Waals surface area (Å²) in [5, 5.41) is 3.79. The van der Waals surface area contributed by atoms with Crippen molar-refractivity contribution in [3.05, 3.63) is 48.5 Å². The normalized spacial score (nSPS) is 13.2. The van der Waals surface area contributed by atoms with E-state index in [9.17, 15) is 0 Å². The summed E-state index contributed by atoms with van der Waals surface area (Å²) in [7, 11) is 0. The maximum absolute atomic E-state index is 3.64. The Bertz CT molecular complexity index is 641. The van der Waals surface area contributed by atoms with E-state index in [1.54, 1.807) is 0 Å². The molecule has 3 rings (SSSR count). The Balaban J connectivity index is 2.24. The number of hydrogen-bond acceptors (Lipinski definition) is 0. The summed E-state index contributed by atoms with van der Waals surface area (Å²) < 4.78 is 2.47. The molecule has 1 nitrogen and oxygen atoms in total. The zero-order valence-electron chi connectivity index (χ0n) is 11.1. The number of hydrogen-bond donors (Lipinski definition) is 0. The number of rotatable bonds is 4. The van der Waals surface area contributed by atoms with Crippen molar-refractivity contribution in [1.82, 2.24) is 4.57 Å². The van der Waals surface area contributed by atoms with E-state index in [4.69, 9.17) is 0 Å². The van der Waals surface area contributed by atoms with Crippen LogP contribution in [0, 0.1) is 5.92 Å². The van der Waals surface area contributed by atoms with Crippen molar-refractivity contribution in [2.75, 3.05) is 5.33 Å². The zero-order valence-corrected chi connectivity index (χ0v) is 12.7. The Kier molecular flexibility index (Phi) is 3.61. The van der Waals surface area contributed by atoms with Gasteiger partial charge >= 0.3 is 0 Å². The molecule has 2 heteroatoms. The quantitative estimate of drug-likeness (QED) is 0.582. The molecule has 1 aromatic heterocycles. The van der Waals surface area contributed by atoms with E-state index in [0.29, 0.717) is 5.92 Å². The molecule has 19 heavy (non-hydrogen) atoms. The summed E-state index contributed by atoms with van der Waals surface area (Å²) >= 11 is 3.64. The molecule has 0 saturated heterocycles. The maximum atomic E-state index is 3.64. The van der Waals surface area contributed by atoms with Gasteiger partial charge in [-0.15, -0.1) is 0 Å². The number of para-hydroxylation sites is 2. The summed E-state index contributed by atoms with van der Waals surface area (Å²) in [5.74, 6) is 0.680. The number of benzene rings is 2. The lowest BCUT2D eigenvalue weighted by molar-refractivity contribution is 0.496. The molecule has 1 atom stereocenters. The van der Waals surface area contributed by atoms with Gasteiger partial charge in [-0.05, 0) is 18.1 Å². The van der Waals surface area contributed by atoms with Crippen molar-refractivity contribution >= 4 is 37.7 Å². The predicted molar refractivity (Wildman–Crippen MR) is 87.0 cm³/mol. The van der Waals surface area contributed by atoms with Crippen LogP contribution in [-0.4, -0.2) is 9.90 Å². The Morgan fingerprint density at radius 3 is 1.95 bits per heavy atom. The minimum absolute atomic E-state index is 0.680. The van der Waals surface area contributed by atoms with Gasteiger partial charge in [0.1, 0.15) is 0 Å². The van der Waals surface area contributed by atoms with Crippen LogP contribution in [0.4, 0.5) is 0 Å². The van der Waals surface area contributed by atoms with Crippen LogP contribution in [-0.2, 0) is 6.54 Å². The fourth-order valence-corrected chi connectivity index (χ4v) is 3.41. The van der Waals surface area contributed by atoms with Crippen LogP contribution in [0.1, 0.15) is 13.3 Å². The molecule has 0 fully saturated rings. The summed E-state index contributed by atoms with van der Waals surface area (Å²) in [6.45, 7) is 3.34. The van der Waals surface area contributed by atoms with Gasteiger partial charge in [0.05, 0.1) is 0 Å². The molecule has 0 N–H and O–H groups in total. The van der Waals surface area contributed by atoms with Crippen LogP contribution in [0.3, 0.4) is 0 Å². The summed E-state index contributed by atoms with van der Waals surface area (Å²) in [6.07, 6.45) is 1.20. The molecule has 0 aliphatic rings. The largest absolute Gasteiger partial charge is 0.340 e. The second-order valence-electron chi connectivity index (χ2n) is 5.07. The average molecular weight is 316 g/mol. The van der Waals surface area contributed by atoms with Gasteiger partial charge in [0, 0.05) is 33.7 Å². The number of fused-ring (bicyclic) bond motifs is 3. The second kappa shape index (κ2) is 5.38. The van der Waals surface area contributed by atoms with Crippen LogP contribution in [0.15, 0.2) is 48.5 Å². The highest BCUT2D eigenvalue weighted by atomic mass is 79.9. The molecular formula is C17H18BrN. The van der Waals surface area contributed by atoms with Gasteiger partial charge in [0.15, 0.2) is 0 Å². The summed E-state index contributed by atoms with van der Waals surface area (Å²) in [5.41, 5.74) is 2.70. The molecule has 0 radical (unpaired) electrons. The summed E-state index contributed by atoms with van der Waals surface area (Å²) in [4.78, 5) is 0. The number of aromatic nitrogens is 1. The van der Waals surface area contributed by atoms with E-state index in [1.807, 2.05) is 0 Å². The third-order valence-corrected chi connectivity index (χ3v) is 4.83. The van der Waals surface area contributed by atoms with E-state index in [1.165, 1.54) is 28.2 Å². The van der Waals surface area contributed by atoms with Crippen molar-refractivity contribution in [1.29, 1.82) is 0 Å². The van der Waals surface area contributed by atoms with Gasteiger partial charge in [-0.1, -0.05) is 65.7 Å². The van der Waals surface area contributed by atoms with Gasteiger partial charge < -0.3 is 4.57 Å². The Labute approximate surface area is 122 Å². The third kappa shape index (κ3) is 2.18. The molecule has 2 aromatic carbocycles. The van der Waals surface area contributed by atoms with Gasteiger partial charge in [-0.25, -0.2) is 0 Å². The molecule has 1 heterocycles. The minimum Gasteiger partial charge on any atom is -0.340 e. The minimum atomic E-state index is 0.680. The lowest BCUT2D eigenvalue weighted by Gasteiger charge is -2.14. The van der Waals surface area contributed by atoms with E-state index in [0.717, 1.165) is 11.9 Å². The van der Waals surface area contributed by atoms with Crippen molar-refractivity contribution in [3.63, 3.8) is 0 Å². The van der Waals surface area contributed by atoms with Gasteiger partial charge in [-0.3, -0.25) is 0 Å². The first kappa shape index (κ1) is 12.7. The van der Waals surface area contributed by atoms with Crippen molar-refractivity contribution in [2.45, 2.75) is 19.9 Å². The fraction of sp³-hybridized carbons (Fsp3) is 0.294. The van der Waals surface area contributed by atoms with E-state index in [2.05, 4.69) is 76.0 Å². The van der Waals surface area contributed by atoms with E-state index < -0.39 is 0 Å². The second-order valence-corrected chi connectivity index (χ2v) is 5.72. The first-order valence-corrected chi connectivity index (χ1v) is 7.99. The highest BCUT2D eigenvalue weighted by molar-refractivity contribution is 9.09. The lowest BCUT2D eigenvalue weighted by atomic mass is 10.1. The van der Waals surface area contributed by atoms with Gasteiger partial charge in [-0.2, -0.15) is 0 Å². The van der Waals surface area contributed by atoms with Crippen LogP contribution >= 0.6 is 15.9 Å². The standard InChI is InChI=1S/C17H18BrN/c1-2-13(11-18)12-19-16-9-5-3-7-14(16)15-8-4-6-10-17(15)19/h3-10,13H,2,11-12H2,1H3. The Hall–Kier alpha value is -1.28. The van der Waals surface area contributed by atoms with Crippen LogP contribution in [0.5, 0.6) is 0 Å². The van der Waals surface area contributed by atoms with Crippen LogP contribution in [0.25, 0.3) is 21.8 Å². The molecule has 1 unspecified atom stereocenters. The lowest BCUT2D eigenvalue weighted by Crippen LogP contribution is -2.10. The average Bonchev–Trinajstić information content (AvgIpc) is 2.79. The highest BCUT2D eigenvalue weighted by Crippen LogP contribution is 2.29. The first-order valence-electron chi connectivity index (χ1n) is 6.87. The molecular weight excluding hydrogens is 298 g/mol. The van der Waals surface area contributed by atoms with Crippen LogP contribution in [0.2, 0.25) is 0 Å². The van der Waals surface area contributed by atoms with Crippen LogP contribution < -0.4 is 0 Å². The molecule has 0 aliphatic heterocycles. The predicted octanol–water partition coefficient (Wildman–Crippen LogP) is 5.22. The SMILES string of the molecule is CCC(CBr)Cn1c2ccccc2c2ccccc21. The van der Waals surface area contributed by atoms with Gasteiger partial charge in [0.25, 0.3) is 0 Å². The first-order chi connectivity index (χ1) is 9.35. The Morgan fingerprint density at radius 2 is 1.47 bits per heavy atom. The summed E-state index contributed by atoms with van der Waals surface area (Å²) in [6, 6.07) is 17.4. The van der Waals surface area contributed by atoms with Crippen molar-refractivity contribution in [3.8, 4) is 0 Å². The topological polar surface area (TPSA) is 4.93 Å². The molecule has 0 bridgehead atoms. The van der Waals surface area contributed by atoms with Crippen molar-refractivity contribution < 1.29 is 0 Å². The molecule has 0 aliphatic carbocycles. The monoisotopic (exact) mass is 315 g/mol. The number of nitrogens with zero attached hydrogens (tertiary/aromatic N) is 1. The molecule has 3 aromatic rings.